The molecule has 0 spiro atoms. The van der Waals surface area contributed by atoms with Crippen LogP contribution >= 0.6 is 34.5 Å². The highest BCUT2D eigenvalue weighted by Gasteiger charge is 2.14. The SMILES string of the molecule is O=C(Nc1nc2c(Cl)cc(Cl)cc2s1)c1ccc(F)c(F)c1. The lowest BCUT2D eigenvalue weighted by Gasteiger charge is -2.01. The van der Waals surface area contributed by atoms with Crippen LogP contribution in [0.15, 0.2) is 30.3 Å². The minimum absolute atomic E-state index is 0.0118. The van der Waals surface area contributed by atoms with E-state index in [2.05, 4.69) is 10.3 Å². The van der Waals surface area contributed by atoms with Crippen LogP contribution in [0.4, 0.5) is 13.9 Å². The van der Waals surface area contributed by atoms with Gasteiger partial charge in [-0.15, -0.1) is 0 Å². The van der Waals surface area contributed by atoms with Gasteiger partial charge in [0.25, 0.3) is 5.91 Å². The lowest BCUT2D eigenvalue weighted by molar-refractivity contribution is 0.102. The third-order valence-corrected chi connectivity index (χ3v) is 4.24. The van der Waals surface area contributed by atoms with Crippen LogP contribution in [0.5, 0.6) is 0 Å². The van der Waals surface area contributed by atoms with Gasteiger partial charge in [0, 0.05) is 10.6 Å². The quantitative estimate of drug-likeness (QED) is 0.689. The number of carbonyl (C=O) groups excluding carboxylic acids is 1. The first-order valence-corrected chi connectivity index (χ1v) is 7.53. The van der Waals surface area contributed by atoms with E-state index in [0.717, 1.165) is 12.1 Å². The standard InChI is InChI=1S/C14H6Cl2F2N2OS/c15-7-4-8(16)12-11(5-7)22-14(19-12)20-13(21)6-1-2-9(17)10(18)3-6/h1-5H,(H,19,20,21). The Bertz CT molecular complexity index is 898. The Morgan fingerprint density at radius 2 is 1.91 bits per heavy atom. The molecule has 3 nitrogen and oxygen atoms in total. The molecular formula is C14H6Cl2F2N2OS. The van der Waals surface area contributed by atoms with E-state index in [4.69, 9.17) is 23.2 Å². The lowest BCUT2D eigenvalue weighted by Crippen LogP contribution is -2.12. The summed E-state index contributed by atoms with van der Waals surface area (Å²) in [5, 5.41) is 3.63. The number of halogens is 4. The molecule has 0 saturated heterocycles. The number of carbonyl (C=O) groups is 1. The molecule has 1 aromatic heterocycles. The topological polar surface area (TPSA) is 42.0 Å². The predicted molar refractivity (Wildman–Crippen MR) is 84.0 cm³/mol. The molecule has 8 heteroatoms. The van der Waals surface area contributed by atoms with Crippen LogP contribution in [0, 0.1) is 11.6 Å². The highest BCUT2D eigenvalue weighted by molar-refractivity contribution is 7.22. The van der Waals surface area contributed by atoms with Crippen molar-refractivity contribution >= 4 is 55.8 Å². The number of fused-ring (bicyclic) bond motifs is 1. The van der Waals surface area contributed by atoms with Gasteiger partial charge in [-0.25, -0.2) is 13.8 Å². The Morgan fingerprint density at radius 1 is 1.14 bits per heavy atom. The van der Waals surface area contributed by atoms with E-state index in [1.54, 1.807) is 12.1 Å². The first-order valence-electron chi connectivity index (χ1n) is 5.96. The number of anilines is 1. The number of thiazole rings is 1. The molecule has 1 amide bonds. The second kappa shape index (κ2) is 5.79. The summed E-state index contributed by atoms with van der Waals surface area (Å²) in [6.45, 7) is 0. The molecule has 0 saturated carbocycles. The molecule has 0 aliphatic carbocycles. The maximum absolute atomic E-state index is 13.1. The van der Waals surface area contributed by atoms with Gasteiger partial charge in [0.1, 0.15) is 5.52 Å². The molecule has 2 aromatic carbocycles. The minimum atomic E-state index is -1.09. The van der Waals surface area contributed by atoms with Crippen LogP contribution in [0.3, 0.4) is 0 Å². The van der Waals surface area contributed by atoms with Crippen LogP contribution in [-0.2, 0) is 0 Å². The van der Waals surface area contributed by atoms with Crippen molar-refractivity contribution in [3.63, 3.8) is 0 Å². The Labute approximate surface area is 137 Å². The zero-order valence-electron chi connectivity index (χ0n) is 10.7. The van der Waals surface area contributed by atoms with Crippen LogP contribution in [0.25, 0.3) is 10.2 Å². The van der Waals surface area contributed by atoms with Gasteiger partial charge in [-0.2, -0.15) is 0 Å². The first-order chi connectivity index (χ1) is 10.4. The Kier molecular flexibility index (Phi) is 3.99. The van der Waals surface area contributed by atoms with E-state index in [1.165, 1.54) is 17.4 Å². The smallest absolute Gasteiger partial charge is 0.257 e. The summed E-state index contributed by atoms with van der Waals surface area (Å²) in [6, 6.07) is 6.12. The summed E-state index contributed by atoms with van der Waals surface area (Å²) in [5.41, 5.74) is 0.499. The summed E-state index contributed by atoms with van der Waals surface area (Å²) in [6.07, 6.45) is 0. The molecule has 0 unspecified atom stereocenters. The molecule has 1 heterocycles. The monoisotopic (exact) mass is 358 g/mol. The zero-order chi connectivity index (χ0) is 15.9. The van der Waals surface area contributed by atoms with Crippen LogP contribution in [-0.4, -0.2) is 10.9 Å². The normalized spacial score (nSPS) is 10.9. The Balaban J connectivity index is 1.90. The molecule has 0 radical (unpaired) electrons. The maximum atomic E-state index is 13.1. The third kappa shape index (κ3) is 2.90. The van der Waals surface area contributed by atoms with Gasteiger partial charge in [0.15, 0.2) is 16.8 Å². The highest BCUT2D eigenvalue weighted by atomic mass is 35.5. The molecule has 3 aromatic rings. The van der Waals surface area contributed by atoms with Crippen molar-refractivity contribution in [3.05, 3.63) is 57.6 Å². The van der Waals surface area contributed by atoms with Crippen molar-refractivity contribution in [1.29, 1.82) is 0 Å². The Morgan fingerprint density at radius 3 is 2.64 bits per heavy atom. The van der Waals surface area contributed by atoms with E-state index in [9.17, 15) is 13.6 Å². The molecule has 0 aliphatic heterocycles. The van der Waals surface area contributed by atoms with Gasteiger partial charge in [-0.1, -0.05) is 34.5 Å². The zero-order valence-corrected chi connectivity index (χ0v) is 13.0. The molecule has 0 bridgehead atoms. The Hall–Kier alpha value is -1.76. The summed E-state index contributed by atoms with van der Waals surface area (Å²) < 4.78 is 26.7. The van der Waals surface area contributed by atoms with Crippen molar-refractivity contribution in [2.45, 2.75) is 0 Å². The lowest BCUT2D eigenvalue weighted by atomic mass is 10.2. The van der Waals surface area contributed by atoms with E-state index in [0.29, 0.717) is 20.3 Å². The third-order valence-electron chi connectivity index (χ3n) is 2.82. The summed E-state index contributed by atoms with van der Waals surface area (Å²) >= 11 is 13.1. The number of hydrogen-bond acceptors (Lipinski definition) is 3. The highest BCUT2D eigenvalue weighted by Crippen LogP contribution is 2.33. The van der Waals surface area contributed by atoms with E-state index >= 15 is 0 Å². The number of nitrogens with one attached hydrogen (secondary N) is 1. The van der Waals surface area contributed by atoms with Gasteiger partial charge in [0.05, 0.1) is 9.72 Å². The van der Waals surface area contributed by atoms with Gasteiger partial charge < -0.3 is 0 Å². The average Bonchev–Trinajstić information content (AvgIpc) is 2.84. The number of amides is 1. The molecule has 1 N–H and O–H groups in total. The van der Waals surface area contributed by atoms with Crippen LogP contribution in [0.1, 0.15) is 10.4 Å². The van der Waals surface area contributed by atoms with Crippen LogP contribution in [0.2, 0.25) is 10.0 Å². The van der Waals surface area contributed by atoms with Gasteiger partial charge in [-0.3, -0.25) is 10.1 Å². The largest absolute Gasteiger partial charge is 0.298 e. The first kappa shape index (κ1) is 15.1. The average molecular weight is 359 g/mol. The number of hydrogen-bond donors (Lipinski definition) is 1. The molecule has 0 atom stereocenters. The number of rotatable bonds is 2. The second-order valence-electron chi connectivity index (χ2n) is 4.34. The van der Waals surface area contributed by atoms with Crippen molar-refractivity contribution in [2.75, 3.05) is 5.32 Å². The fourth-order valence-electron chi connectivity index (χ4n) is 1.82. The fourth-order valence-corrected chi connectivity index (χ4v) is 3.40. The van der Waals surface area contributed by atoms with E-state index < -0.39 is 17.5 Å². The maximum Gasteiger partial charge on any atom is 0.257 e. The molecule has 0 aliphatic rings. The number of benzene rings is 2. The summed E-state index contributed by atoms with van der Waals surface area (Å²) in [4.78, 5) is 16.2. The van der Waals surface area contributed by atoms with Crippen molar-refractivity contribution < 1.29 is 13.6 Å². The minimum Gasteiger partial charge on any atom is -0.298 e. The number of nitrogens with zero attached hydrogens (tertiary/aromatic N) is 1. The van der Waals surface area contributed by atoms with Crippen molar-refractivity contribution in [1.82, 2.24) is 4.98 Å². The summed E-state index contributed by atoms with van der Waals surface area (Å²) in [5.74, 6) is -2.70. The fraction of sp³-hybridized carbons (Fsp3) is 0. The molecule has 112 valence electrons. The van der Waals surface area contributed by atoms with Gasteiger partial charge in [-0.05, 0) is 30.3 Å². The predicted octanol–water partition coefficient (Wildman–Crippen LogP) is 5.13. The second-order valence-corrected chi connectivity index (χ2v) is 6.21. The molecule has 22 heavy (non-hydrogen) atoms. The summed E-state index contributed by atoms with van der Waals surface area (Å²) in [7, 11) is 0. The molecule has 0 fully saturated rings. The van der Waals surface area contributed by atoms with Gasteiger partial charge in [0.2, 0.25) is 0 Å². The van der Waals surface area contributed by atoms with Crippen LogP contribution < -0.4 is 5.32 Å². The molecular weight excluding hydrogens is 353 g/mol. The van der Waals surface area contributed by atoms with Gasteiger partial charge >= 0.3 is 0 Å². The number of aromatic nitrogens is 1. The molecule has 3 rings (SSSR count). The van der Waals surface area contributed by atoms with E-state index in [1.807, 2.05) is 0 Å². The van der Waals surface area contributed by atoms with E-state index in [-0.39, 0.29) is 10.7 Å². The van der Waals surface area contributed by atoms with Crippen molar-refractivity contribution in [2.24, 2.45) is 0 Å². The van der Waals surface area contributed by atoms with Crippen molar-refractivity contribution in [3.8, 4) is 0 Å².